The second kappa shape index (κ2) is 8.35. The summed E-state index contributed by atoms with van der Waals surface area (Å²) >= 11 is 3.34. The molecule has 2 N–H and O–H groups in total. The molecule has 0 saturated heterocycles. The van der Waals surface area contributed by atoms with Crippen LogP contribution in [-0.2, 0) is 4.79 Å². The van der Waals surface area contributed by atoms with Crippen LogP contribution >= 0.6 is 15.9 Å². The van der Waals surface area contributed by atoms with Crippen molar-refractivity contribution in [2.24, 2.45) is 5.10 Å². The van der Waals surface area contributed by atoms with Gasteiger partial charge in [-0.2, -0.15) is 5.10 Å². The highest BCUT2D eigenvalue weighted by molar-refractivity contribution is 9.10. The van der Waals surface area contributed by atoms with Crippen LogP contribution in [0.15, 0.2) is 52.0 Å². The maximum Gasteiger partial charge on any atom is 0.280 e. The van der Waals surface area contributed by atoms with E-state index in [1.165, 1.54) is 19.4 Å². The van der Waals surface area contributed by atoms with Crippen LogP contribution in [0.25, 0.3) is 0 Å². The van der Waals surface area contributed by atoms with Gasteiger partial charge in [0.25, 0.3) is 5.91 Å². The predicted molar refractivity (Wildman–Crippen MR) is 94.6 cm³/mol. The molecule has 0 aliphatic carbocycles. The monoisotopic (exact) mass is 392 g/mol. The van der Waals surface area contributed by atoms with Crippen molar-refractivity contribution in [3.63, 3.8) is 0 Å². The Morgan fingerprint density at radius 3 is 2.83 bits per heavy atom. The van der Waals surface area contributed by atoms with Crippen molar-refractivity contribution in [1.82, 2.24) is 5.43 Å². The minimum absolute atomic E-state index is 0.0368. The maximum absolute atomic E-state index is 12.0. The fourth-order valence-electron chi connectivity index (χ4n) is 1.83. The topological polar surface area (TPSA) is 80.2 Å². The van der Waals surface area contributed by atoms with Gasteiger partial charge in [0.05, 0.1) is 13.3 Å². The van der Waals surface area contributed by atoms with Crippen molar-refractivity contribution in [1.29, 1.82) is 0 Å². The molecule has 2 rings (SSSR count). The van der Waals surface area contributed by atoms with Crippen LogP contribution in [0.1, 0.15) is 12.5 Å². The summed E-state index contributed by atoms with van der Waals surface area (Å²) in [5.74, 6) is 0.572. The number of aromatic hydroxyl groups is 1. The number of amides is 1. The molecule has 24 heavy (non-hydrogen) atoms. The predicted octanol–water partition coefficient (Wildman–Crippen LogP) is 3.08. The number of hydrogen-bond acceptors (Lipinski definition) is 5. The highest BCUT2D eigenvalue weighted by Gasteiger charge is 2.13. The van der Waals surface area contributed by atoms with Gasteiger partial charge >= 0.3 is 0 Å². The van der Waals surface area contributed by atoms with E-state index >= 15 is 0 Å². The summed E-state index contributed by atoms with van der Waals surface area (Å²) in [5, 5.41) is 13.4. The number of carbonyl (C=O) groups excluding carboxylic acids is 1. The van der Waals surface area contributed by atoms with Crippen LogP contribution in [0.5, 0.6) is 17.2 Å². The van der Waals surface area contributed by atoms with Crippen molar-refractivity contribution in [2.75, 3.05) is 7.11 Å². The van der Waals surface area contributed by atoms with Gasteiger partial charge in [-0.25, -0.2) is 5.43 Å². The van der Waals surface area contributed by atoms with Crippen LogP contribution in [0.4, 0.5) is 0 Å². The van der Waals surface area contributed by atoms with Crippen LogP contribution in [-0.4, -0.2) is 30.4 Å². The van der Waals surface area contributed by atoms with E-state index in [0.717, 1.165) is 4.47 Å². The van der Waals surface area contributed by atoms with Crippen molar-refractivity contribution in [2.45, 2.75) is 13.0 Å². The quantitative estimate of drug-likeness (QED) is 0.584. The minimum atomic E-state index is -0.703. The van der Waals surface area contributed by atoms with Crippen molar-refractivity contribution in [3.8, 4) is 17.2 Å². The van der Waals surface area contributed by atoms with E-state index in [9.17, 15) is 9.90 Å². The fraction of sp³-hybridized carbons (Fsp3) is 0.176. The molecule has 7 heteroatoms. The summed E-state index contributed by atoms with van der Waals surface area (Å²) in [6.45, 7) is 1.63. The number of ether oxygens (including phenoxy) is 2. The van der Waals surface area contributed by atoms with Gasteiger partial charge in [-0.05, 0) is 48.9 Å². The first-order chi connectivity index (χ1) is 11.5. The highest BCUT2D eigenvalue weighted by Crippen LogP contribution is 2.25. The molecule has 0 unspecified atom stereocenters. The third-order valence-electron chi connectivity index (χ3n) is 3.07. The molecule has 0 aliphatic rings. The van der Waals surface area contributed by atoms with Crippen LogP contribution in [0, 0.1) is 0 Å². The Bertz CT molecular complexity index is 749. The number of benzene rings is 2. The number of halogens is 1. The molecule has 0 bridgehead atoms. The molecular formula is C17H17BrN2O4. The molecule has 0 spiro atoms. The summed E-state index contributed by atoms with van der Waals surface area (Å²) in [5.41, 5.74) is 3.08. The smallest absolute Gasteiger partial charge is 0.280 e. The van der Waals surface area contributed by atoms with E-state index in [4.69, 9.17) is 9.47 Å². The molecule has 2 aromatic carbocycles. The van der Waals surface area contributed by atoms with Gasteiger partial charge in [-0.15, -0.1) is 0 Å². The first kappa shape index (κ1) is 17.8. The number of methoxy groups -OCH3 is 1. The first-order valence-electron chi connectivity index (χ1n) is 7.11. The van der Waals surface area contributed by atoms with Crippen molar-refractivity contribution in [3.05, 3.63) is 52.5 Å². The van der Waals surface area contributed by atoms with Gasteiger partial charge in [-0.1, -0.05) is 22.0 Å². The lowest BCUT2D eigenvalue weighted by Gasteiger charge is -2.13. The zero-order valence-electron chi connectivity index (χ0n) is 13.2. The summed E-state index contributed by atoms with van der Waals surface area (Å²) < 4.78 is 11.4. The zero-order chi connectivity index (χ0) is 17.5. The van der Waals surface area contributed by atoms with E-state index in [1.807, 2.05) is 12.1 Å². The Kier molecular flexibility index (Phi) is 6.20. The molecule has 1 amide bonds. The Hall–Kier alpha value is -2.54. The third-order valence-corrected chi connectivity index (χ3v) is 3.56. The zero-order valence-corrected chi connectivity index (χ0v) is 14.8. The lowest BCUT2D eigenvalue weighted by molar-refractivity contribution is -0.127. The lowest BCUT2D eigenvalue weighted by atomic mass is 10.2. The Labute approximate surface area is 148 Å². The molecule has 0 saturated carbocycles. The maximum atomic E-state index is 12.0. The number of nitrogens with one attached hydrogen (secondary N) is 1. The first-order valence-corrected chi connectivity index (χ1v) is 7.91. The van der Waals surface area contributed by atoms with Crippen LogP contribution < -0.4 is 14.9 Å². The van der Waals surface area contributed by atoms with Crippen molar-refractivity contribution >= 4 is 28.1 Å². The molecular weight excluding hydrogens is 376 g/mol. The molecule has 0 heterocycles. The number of rotatable bonds is 6. The molecule has 0 aromatic heterocycles. The van der Waals surface area contributed by atoms with E-state index in [0.29, 0.717) is 17.1 Å². The van der Waals surface area contributed by atoms with Gasteiger partial charge in [-0.3, -0.25) is 4.79 Å². The summed E-state index contributed by atoms with van der Waals surface area (Å²) in [4.78, 5) is 12.0. The van der Waals surface area contributed by atoms with E-state index in [-0.39, 0.29) is 11.7 Å². The summed E-state index contributed by atoms with van der Waals surface area (Å²) in [6.07, 6.45) is 0.747. The Morgan fingerprint density at radius 2 is 2.12 bits per heavy atom. The Balaban J connectivity index is 1.92. The van der Waals surface area contributed by atoms with Crippen LogP contribution in [0.3, 0.4) is 0 Å². The van der Waals surface area contributed by atoms with Crippen molar-refractivity contribution < 1.29 is 19.4 Å². The highest BCUT2D eigenvalue weighted by atomic mass is 79.9. The summed E-state index contributed by atoms with van der Waals surface area (Å²) in [6, 6.07) is 12.0. The molecule has 0 radical (unpaired) electrons. The van der Waals surface area contributed by atoms with E-state index in [1.54, 1.807) is 31.2 Å². The number of phenolic OH excluding ortho intramolecular Hbond substituents is 1. The number of nitrogens with zero attached hydrogens (tertiary/aromatic N) is 1. The van der Waals surface area contributed by atoms with E-state index in [2.05, 4.69) is 26.5 Å². The second-order valence-corrected chi connectivity index (χ2v) is 5.80. The fourth-order valence-corrected chi connectivity index (χ4v) is 2.21. The normalized spacial score (nSPS) is 12.0. The minimum Gasteiger partial charge on any atom is -0.504 e. The van der Waals surface area contributed by atoms with E-state index < -0.39 is 6.10 Å². The van der Waals surface area contributed by atoms with Gasteiger partial charge in [0.15, 0.2) is 17.6 Å². The average molecular weight is 393 g/mol. The molecule has 1 atom stereocenters. The Morgan fingerprint density at radius 1 is 1.33 bits per heavy atom. The molecule has 6 nitrogen and oxygen atoms in total. The van der Waals surface area contributed by atoms with Gasteiger partial charge < -0.3 is 14.6 Å². The lowest BCUT2D eigenvalue weighted by Crippen LogP contribution is -2.33. The van der Waals surface area contributed by atoms with Gasteiger partial charge in [0.2, 0.25) is 0 Å². The molecule has 126 valence electrons. The number of hydrogen-bond donors (Lipinski definition) is 2. The largest absolute Gasteiger partial charge is 0.504 e. The number of phenols is 1. The number of carbonyl (C=O) groups is 1. The second-order valence-electron chi connectivity index (χ2n) is 4.88. The summed E-state index contributed by atoms with van der Waals surface area (Å²) in [7, 11) is 1.46. The molecule has 2 aromatic rings. The average Bonchev–Trinajstić information content (AvgIpc) is 2.56. The van der Waals surface area contributed by atoms with Crippen LogP contribution in [0.2, 0.25) is 0 Å². The SMILES string of the molecule is COc1cc(/C=N\NC(=O)[C@H](C)Oc2cccc(Br)c2)ccc1O. The standard InChI is InChI=1S/C17H17BrN2O4/c1-11(24-14-5-3-4-13(18)9-14)17(22)20-19-10-12-6-7-15(21)16(8-12)23-2/h3-11,21H,1-2H3,(H,20,22)/b19-10-/t11-/m0/s1. The van der Waals surface area contributed by atoms with Gasteiger partial charge in [0.1, 0.15) is 5.75 Å². The molecule has 0 fully saturated rings. The van der Waals surface area contributed by atoms with Gasteiger partial charge in [0, 0.05) is 4.47 Å². The third kappa shape index (κ3) is 4.99. The number of hydrazone groups is 1. The molecule has 0 aliphatic heterocycles.